The van der Waals surface area contributed by atoms with Crippen LogP contribution in [0.1, 0.15) is 20.3 Å². The number of nitrogens with two attached hydrogens (primary N) is 1. The van der Waals surface area contributed by atoms with E-state index < -0.39 is 5.60 Å². The van der Waals surface area contributed by atoms with Crippen LogP contribution in [0.2, 0.25) is 0 Å². The maximum atomic E-state index is 9.83. The van der Waals surface area contributed by atoms with Gasteiger partial charge in [0, 0.05) is 45.5 Å². The molecule has 1 fully saturated rings. The maximum Gasteiger partial charge on any atom is 0.145 e. The number of aromatic nitrogens is 2. The zero-order valence-corrected chi connectivity index (χ0v) is 12.6. The third kappa shape index (κ3) is 5.11. The van der Waals surface area contributed by atoms with Crippen molar-refractivity contribution >= 4 is 5.82 Å². The van der Waals surface area contributed by atoms with Crippen LogP contribution in [0, 0.1) is 0 Å². The van der Waals surface area contributed by atoms with E-state index in [2.05, 4.69) is 14.9 Å². The lowest BCUT2D eigenvalue weighted by Crippen LogP contribution is -2.50. The number of piperazine rings is 1. The Balaban J connectivity index is 1.62. The topological polar surface area (TPSA) is 70.5 Å². The normalized spacial score (nSPS) is 18.6. The van der Waals surface area contributed by atoms with Gasteiger partial charge >= 0.3 is 0 Å². The van der Waals surface area contributed by atoms with E-state index in [9.17, 15) is 5.11 Å². The van der Waals surface area contributed by atoms with E-state index in [0.29, 0.717) is 5.82 Å². The van der Waals surface area contributed by atoms with Gasteiger partial charge in [0.1, 0.15) is 5.82 Å². The van der Waals surface area contributed by atoms with Gasteiger partial charge in [0.05, 0.1) is 5.60 Å². The fraction of sp³-hybridized carbons (Fsp3) is 0.786. The van der Waals surface area contributed by atoms with Crippen LogP contribution in [0.3, 0.4) is 0 Å². The van der Waals surface area contributed by atoms with Crippen molar-refractivity contribution in [2.75, 3.05) is 45.0 Å². The van der Waals surface area contributed by atoms with Crippen LogP contribution >= 0.6 is 0 Å². The summed E-state index contributed by atoms with van der Waals surface area (Å²) < 4.78 is 1.90. The Hall–Kier alpha value is -1.11. The van der Waals surface area contributed by atoms with Gasteiger partial charge in [-0.3, -0.25) is 9.58 Å². The molecule has 0 aromatic carbocycles. The van der Waals surface area contributed by atoms with Crippen LogP contribution in [-0.4, -0.2) is 69.6 Å². The van der Waals surface area contributed by atoms with E-state index in [1.807, 2.05) is 30.8 Å². The molecule has 1 aliphatic rings. The van der Waals surface area contributed by atoms with Crippen molar-refractivity contribution < 1.29 is 5.11 Å². The van der Waals surface area contributed by atoms with Crippen LogP contribution in [0.4, 0.5) is 5.82 Å². The summed E-state index contributed by atoms with van der Waals surface area (Å²) in [5.41, 5.74) is 5.00. The molecule has 0 atom stereocenters. The Kier molecular flexibility index (Phi) is 5.01. The molecule has 0 saturated carbocycles. The summed E-state index contributed by atoms with van der Waals surface area (Å²) >= 11 is 0. The summed E-state index contributed by atoms with van der Waals surface area (Å²) in [5.74, 6) is 0.588. The molecule has 6 nitrogen and oxygen atoms in total. The second kappa shape index (κ2) is 6.56. The minimum atomic E-state index is -0.595. The smallest absolute Gasteiger partial charge is 0.145 e. The van der Waals surface area contributed by atoms with Gasteiger partial charge in [0.2, 0.25) is 0 Å². The van der Waals surface area contributed by atoms with Crippen LogP contribution in [0.5, 0.6) is 0 Å². The molecule has 2 rings (SSSR count). The fourth-order valence-corrected chi connectivity index (χ4v) is 2.68. The van der Waals surface area contributed by atoms with Gasteiger partial charge in [-0.15, -0.1) is 0 Å². The van der Waals surface area contributed by atoms with Gasteiger partial charge in [0.15, 0.2) is 0 Å². The number of hydrogen-bond acceptors (Lipinski definition) is 5. The SMILES string of the molecule is CC(C)(O)CN1CCN(CCCn2ccc(N)n2)CC1. The van der Waals surface area contributed by atoms with Crippen molar-refractivity contribution in [3.8, 4) is 0 Å². The third-order valence-corrected chi connectivity index (χ3v) is 3.60. The van der Waals surface area contributed by atoms with Gasteiger partial charge in [-0.1, -0.05) is 0 Å². The Morgan fingerprint density at radius 1 is 1.20 bits per heavy atom. The minimum absolute atomic E-state index is 0.588. The zero-order chi connectivity index (χ0) is 14.6. The average molecular weight is 281 g/mol. The standard InChI is InChI=1S/C14H27N5O/c1-14(2,20)12-18-10-8-17(9-11-18)5-3-6-19-7-4-13(15)16-19/h4,7,20H,3,5-6,8-12H2,1-2H3,(H2,15,16). The Morgan fingerprint density at radius 2 is 1.85 bits per heavy atom. The van der Waals surface area contributed by atoms with Gasteiger partial charge < -0.3 is 15.7 Å². The predicted octanol–water partition coefficient (Wildman–Crippen LogP) is 0.244. The lowest BCUT2D eigenvalue weighted by molar-refractivity contribution is 0.0175. The molecular weight excluding hydrogens is 254 g/mol. The molecule has 0 amide bonds. The van der Waals surface area contributed by atoms with Gasteiger partial charge in [-0.05, 0) is 32.9 Å². The van der Waals surface area contributed by atoms with E-state index in [-0.39, 0.29) is 0 Å². The monoisotopic (exact) mass is 281 g/mol. The molecule has 1 aromatic rings. The molecule has 114 valence electrons. The van der Waals surface area contributed by atoms with Crippen molar-refractivity contribution in [1.29, 1.82) is 0 Å². The number of nitrogens with zero attached hydrogens (tertiary/aromatic N) is 4. The average Bonchev–Trinajstić information content (AvgIpc) is 2.75. The number of β-amino-alcohol motifs (C(OH)–C–C–N with tert-alkyl or cyclic N) is 1. The highest BCUT2D eigenvalue weighted by molar-refractivity contribution is 5.23. The molecule has 1 aliphatic heterocycles. The Labute approximate surface area is 121 Å². The second-order valence-electron chi connectivity index (χ2n) is 6.29. The molecule has 0 bridgehead atoms. The summed E-state index contributed by atoms with van der Waals surface area (Å²) in [4.78, 5) is 4.82. The van der Waals surface area contributed by atoms with E-state index >= 15 is 0 Å². The summed E-state index contributed by atoms with van der Waals surface area (Å²) in [7, 11) is 0. The van der Waals surface area contributed by atoms with Crippen molar-refractivity contribution in [1.82, 2.24) is 19.6 Å². The Bertz CT molecular complexity index is 404. The molecule has 0 unspecified atom stereocenters. The highest BCUT2D eigenvalue weighted by atomic mass is 16.3. The predicted molar refractivity (Wildman–Crippen MR) is 80.4 cm³/mol. The molecule has 0 aliphatic carbocycles. The quantitative estimate of drug-likeness (QED) is 0.782. The summed E-state index contributed by atoms with van der Waals surface area (Å²) in [5, 5.41) is 14.0. The molecule has 3 N–H and O–H groups in total. The fourth-order valence-electron chi connectivity index (χ4n) is 2.68. The van der Waals surface area contributed by atoms with Crippen molar-refractivity contribution in [3.63, 3.8) is 0 Å². The Morgan fingerprint density at radius 3 is 2.40 bits per heavy atom. The third-order valence-electron chi connectivity index (χ3n) is 3.60. The lowest BCUT2D eigenvalue weighted by atomic mass is 10.1. The van der Waals surface area contributed by atoms with E-state index in [4.69, 9.17) is 5.73 Å². The maximum absolute atomic E-state index is 9.83. The molecule has 0 radical (unpaired) electrons. The number of aryl methyl sites for hydroxylation is 1. The lowest BCUT2D eigenvalue weighted by Gasteiger charge is -2.37. The first-order valence-corrected chi connectivity index (χ1v) is 7.38. The summed E-state index contributed by atoms with van der Waals surface area (Å²) in [6.45, 7) is 10.8. The molecule has 0 spiro atoms. The highest BCUT2D eigenvalue weighted by Crippen LogP contribution is 2.09. The van der Waals surface area contributed by atoms with Crippen LogP contribution in [0.25, 0.3) is 0 Å². The number of anilines is 1. The van der Waals surface area contributed by atoms with Crippen molar-refractivity contribution in [3.05, 3.63) is 12.3 Å². The minimum Gasteiger partial charge on any atom is -0.389 e. The molecular formula is C14H27N5O. The number of nitrogen functional groups attached to an aromatic ring is 1. The number of hydrogen-bond donors (Lipinski definition) is 2. The van der Waals surface area contributed by atoms with Gasteiger partial charge in [0.25, 0.3) is 0 Å². The van der Waals surface area contributed by atoms with E-state index in [1.165, 1.54) is 0 Å². The van der Waals surface area contributed by atoms with Gasteiger partial charge in [-0.2, -0.15) is 5.10 Å². The molecule has 2 heterocycles. The first-order chi connectivity index (χ1) is 9.42. The second-order valence-corrected chi connectivity index (χ2v) is 6.29. The number of aliphatic hydroxyl groups is 1. The first kappa shape index (κ1) is 15.3. The van der Waals surface area contributed by atoms with Crippen molar-refractivity contribution in [2.45, 2.75) is 32.4 Å². The summed E-state index contributed by atoms with van der Waals surface area (Å²) in [6.07, 6.45) is 3.02. The van der Waals surface area contributed by atoms with Crippen LogP contribution in [-0.2, 0) is 6.54 Å². The van der Waals surface area contributed by atoms with Crippen molar-refractivity contribution in [2.24, 2.45) is 0 Å². The summed E-state index contributed by atoms with van der Waals surface area (Å²) in [6, 6.07) is 1.83. The van der Waals surface area contributed by atoms with E-state index in [0.717, 1.165) is 52.2 Å². The largest absolute Gasteiger partial charge is 0.389 e. The zero-order valence-electron chi connectivity index (χ0n) is 12.6. The van der Waals surface area contributed by atoms with Crippen LogP contribution < -0.4 is 5.73 Å². The van der Waals surface area contributed by atoms with E-state index in [1.54, 1.807) is 0 Å². The number of rotatable bonds is 6. The van der Waals surface area contributed by atoms with Crippen LogP contribution in [0.15, 0.2) is 12.3 Å². The van der Waals surface area contributed by atoms with Gasteiger partial charge in [-0.25, -0.2) is 0 Å². The first-order valence-electron chi connectivity index (χ1n) is 7.38. The highest BCUT2D eigenvalue weighted by Gasteiger charge is 2.22. The molecule has 20 heavy (non-hydrogen) atoms. The molecule has 1 aromatic heterocycles. The molecule has 1 saturated heterocycles. The molecule has 6 heteroatoms.